The second-order valence-corrected chi connectivity index (χ2v) is 5.21. The lowest BCUT2D eigenvalue weighted by atomic mass is 10.1. The zero-order valence-electron chi connectivity index (χ0n) is 12.7. The molecule has 7 heteroatoms. The van der Waals surface area contributed by atoms with E-state index in [4.69, 9.17) is 14.9 Å². The molecule has 1 atom stereocenters. The summed E-state index contributed by atoms with van der Waals surface area (Å²) in [6, 6.07) is 12.8. The van der Waals surface area contributed by atoms with Gasteiger partial charge in [0.1, 0.15) is 23.4 Å². The van der Waals surface area contributed by atoms with Gasteiger partial charge < -0.3 is 20.0 Å². The molecule has 0 fully saturated rings. The quantitative estimate of drug-likeness (QED) is 0.710. The lowest BCUT2D eigenvalue weighted by Crippen LogP contribution is -2.30. The molecule has 3 rings (SSSR count). The number of nitrogens with two attached hydrogens (primary N) is 1. The minimum atomic E-state index is -1.13. The highest BCUT2D eigenvalue weighted by Gasteiger charge is 2.19. The Balaban J connectivity index is 0.00000208. The maximum absolute atomic E-state index is 11.5. The maximum Gasteiger partial charge on any atom is 0.343 e. The average molecular weight is 349 g/mol. The van der Waals surface area contributed by atoms with Crippen LogP contribution in [0.1, 0.15) is 15.9 Å². The SMILES string of the molecule is Cl.NC(COc1ccc2ncoc2c1C(=O)O)Cc1ccccc1. The van der Waals surface area contributed by atoms with Crippen LogP contribution in [0.2, 0.25) is 0 Å². The number of halogens is 1. The van der Waals surface area contributed by atoms with Crippen molar-refractivity contribution in [2.45, 2.75) is 12.5 Å². The summed E-state index contributed by atoms with van der Waals surface area (Å²) in [5.74, 6) is -0.899. The average Bonchev–Trinajstić information content (AvgIpc) is 3.01. The van der Waals surface area contributed by atoms with Gasteiger partial charge in [-0.1, -0.05) is 30.3 Å². The van der Waals surface area contributed by atoms with Crippen molar-refractivity contribution < 1.29 is 19.1 Å². The predicted molar refractivity (Wildman–Crippen MR) is 91.8 cm³/mol. The summed E-state index contributed by atoms with van der Waals surface area (Å²) >= 11 is 0. The molecule has 6 nitrogen and oxygen atoms in total. The Kier molecular flexibility index (Phi) is 5.78. The monoisotopic (exact) mass is 348 g/mol. The van der Waals surface area contributed by atoms with E-state index in [-0.39, 0.29) is 42.0 Å². The number of oxazole rings is 1. The number of ether oxygens (including phenoxy) is 1. The van der Waals surface area contributed by atoms with Gasteiger partial charge in [-0.15, -0.1) is 12.4 Å². The number of aromatic nitrogens is 1. The smallest absolute Gasteiger partial charge is 0.343 e. The highest BCUT2D eigenvalue weighted by Crippen LogP contribution is 2.27. The molecule has 1 heterocycles. The number of hydrogen-bond acceptors (Lipinski definition) is 5. The molecular formula is C17H17ClN2O4. The van der Waals surface area contributed by atoms with Gasteiger partial charge in [-0.05, 0) is 24.1 Å². The Morgan fingerprint density at radius 2 is 2.00 bits per heavy atom. The molecule has 3 aromatic rings. The van der Waals surface area contributed by atoms with Crippen LogP contribution < -0.4 is 10.5 Å². The first-order chi connectivity index (χ1) is 11.1. The third-order valence-corrected chi connectivity index (χ3v) is 3.47. The van der Waals surface area contributed by atoms with E-state index < -0.39 is 5.97 Å². The van der Waals surface area contributed by atoms with Gasteiger partial charge in [-0.3, -0.25) is 0 Å². The summed E-state index contributed by atoms with van der Waals surface area (Å²) in [4.78, 5) is 15.4. The number of rotatable bonds is 6. The Morgan fingerprint density at radius 3 is 2.71 bits per heavy atom. The van der Waals surface area contributed by atoms with Crippen molar-refractivity contribution in [1.29, 1.82) is 0 Å². The molecule has 126 valence electrons. The van der Waals surface area contributed by atoms with Crippen molar-refractivity contribution in [3.8, 4) is 5.75 Å². The zero-order chi connectivity index (χ0) is 16.2. The first-order valence-electron chi connectivity index (χ1n) is 7.17. The van der Waals surface area contributed by atoms with Gasteiger partial charge in [0.25, 0.3) is 0 Å². The molecule has 0 spiro atoms. The molecule has 3 N–H and O–H groups in total. The van der Waals surface area contributed by atoms with Crippen molar-refractivity contribution in [3.05, 3.63) is 60.0 Å². The van der Waals surface area contributed by atoms with Gasteiger partial charge in [0, 0.05) is 6.04 Å². The molecule has 1 unspecified atom stereocenters. The van der Waals surface area contributed by atoms with Gasteiger partial charge in [0.2, 0.25) is 0 Å². The zero-order valence-corrected chi connectivity index (χ0v) is 13.5. The van der Waals surface area contributed by atoms with Crippen molar-refractivity contribution in [3.63, 3.8) is 0 Å². The fourth-order valence-corrected chi connectivity index (χ4v) is 2.41. The molecular weight excluding hydrogens is 332 g/mol. The lowest BCUT2D eigenvalue weighted by molar-refractivity contribution is 0.0693. The van der Waals surface area contributed by atoms with Crippen LogP contribution in [0.25, 0.3) is 11.1 Å². The van der Waals surface area contributed by atoms with Crippen LogP contribution in [0.15, 0.2) is 53.3 Å². The van der Waals surface area contributed by atoms with Crippen molar-refractivity contribution in [2.24, 2.45) is 5.73 Å². The summed E-state index contributed by atoms with van der Waals surface area (Å²) in [5.41, 5.74) is 7.81. The van der Waals surface area contributed by atoms with E-state index in [0.717, 1.165) is 5.56 Å². The first-order valence-corrected chi connectivity index (χ1v) is 7.17. The maximum atomic E-state index is 11.5. The number of aromatic carboxylic acids is 1. The van der Waals surface area contributed by atoms with Crippen molar-refractivity contribution in [2.75, 3.05) is 6.61 Å². The van der Waals surface area contributed by atoms with Gasteiger partial charge in [0.15, 0.2) is 12.0 Å². The van der Waals surface area contributed by atoms with Gasteiger partial charge in [-0.2, -0.15) is 0 Å². The molecule has 1 aromatic heterocycles. The molecule has 0 aliphatic carbocycles. The molecule has 0 radical (unpaired) electrons. The number of benzene rings is 2. The van der Waals surface area contributed by atoms with E-state index in [1.165, 1.54) is 6.39 Å². The molecule has 2 aromatic carbocycles. The molecule has 0 aliphatic heterocycles. The molecule has 0 saturated heterocycles. The summed E-state index contributed by atoms with van der Waals surface area (Å²) in [7, 11) is 0. The van der Waals surface area contributed by atoms with E-state index in [0.29, 0.717) is 11.9 Å². The fourth-order valence-electron chi connectivity index (χ4n) is 2.41. The van der Waals surface area contributed by atoms with E-state index in [1.54, 1.807) is 12.1 Å². The van der Waals surface area contributed by atoms with E-state index in [2.05, 4.69) is 4.98 Å². The van der Waals surface area contributed by atoms with Crippen LogP contribution in [0, 0.1) is 0 Å². The minimum Gasteiger partial charge on any atom is -0.491 e. The number of fused-ring (bicyclic) bond motifs is 1. The van der Waals surface area contributed by atoms with Crippen LogP contribution in [0.5, 0.6) is 5.75 Å². The van der Waals surface area contributed by atoms with E-state index in [1.807, 2.05) is 30.3 Å². The number of hydrogen-bond donors (Lipinski definition) is 2. The molecule has 0 aliphatic rings. The number of nitrogens with zero attached hydrogens (tertiary/aromatic N) is 1. The van der Waals surface area contributed by atoms with Crippen LogP contribution in [-0.4, -0.2) is 28.7 Å². The Morgan fingerprint density at radius 1 is 1.25 bits per heavy atom. The standard InChI is InChI=1S/C17H16N2O4.ClH/c18-12(8-11-4-2-1-3-5-11)9-22-14-7-6-13-16(23-10-19-13)15(14)17(20)21;/h1-7,10,12H,8-9,18H2,(H,20,21);1H. The van der Waals surface area contributed by atoms with Crippen LogP contribution in [-0.2, 0) is 6.42 Å². The summed E-state index contributed by atoms with van der Waals surface area (Å²) in [6.45, 7) is 0.203. The second kappa shape index (κ2) is 7.81. The number of carboxylic acid groups (broad SMARTS) is 1. The van der Waals surface area contributed by atoms with Crippen LogP contribution in [0.3, 0.4) is 0 Å². The van der Waals surface area contributed by atoms with Gasteiger partial charge >= 0.3 is 5.97 Å². The summed E-state index contributed by atoms with van der Waals surface area (Å²) in [6.07, 6.45) is 1.86. The topological polar surface area (TPSA) is 98.6 Å². The number of carboxylic acids is 1. The van der Waals surface area contributed by atoms with Crippen molar-refractivity contribution in [1.82, 2.24) is 4.98 Å². The normalized spacial score (nSPS) is 11.7. The predicted octanol–water partition coefficient (Wildman–Crippen LogP) is 2.90. The Hall–Kier alpha value is -2.57. The van der Waals surface area contributed by atoms with Gasteiger partial charge in [-0.25, -0.2) is 9.78 Å². The Bertz CT molecular complexity index is 820. The summed E-state index contributed by atoms with van der Waals surface area (Å²) < 4.78 is 10.8. The van der Waals surface area contributed by atoms with Crippen molar-refractivity contribution >= 4 is 29.5 Å². The highest BCUT2D eigenvalue weighted by molar-refractivity contribution is 6.02. The van der Waals surface area contributed by atoms with Crippen LogP contribution >= 0.6 is 12.4 Å². The first kappa shape index (κ1) is 17.8. The third-order valence-electron chi connectivity index (χ3n) is 3.47. The third kappa shape index (κ3) is 3.84. The molecule has 24 heavy (non-hydrogen) atoms. The molecule has 0 amide bonds. The van der Waals surface area contributed by atoms with Gasteiger partial charge in [0.05, 0.1) is 0 Å². The van der Waals surface area contributed by atoms with E-state index in [9.17, 15) is 9.90 Å². The van der Waals surface area contributed by atoms with E-state index >= 15 is 0 Å². The fraction of sp³-hybridized carbons (Fsp3) is 0.176. The second-order valence-electron chi connectivity index (χ2n) is 5.21. The highest BCUT2D eigenvalue weighted by atomic mass is 35.5. The summed E-state index contributed by atoms with van der Waals surface area (Å²) in [5, 5.41) is 9.38. The Labute approximate surface area is 144 Å². The lowest BCUT2D eigenvalue weighted by Gasteiger charge is -2.14. The van der Waals surface area contributed by atoms with Crippen LogP contribution in [0.4, 0.5) is 0 Å². The molecule has 0 saturated carbocycles. The number of carbonyl (C=O) groups is 1. The minimum absolute atomic E-state index is 0. The largest absolute Gasteiger partial charge is 0.491 e. The molecule has 0 bridgehead atoms.